The molecule has 0 unspecified atom stereocenters. The first-order valence-electron chi connectivity index (χ1n) is 7.31. The third kappa shape index (κ3) is 4.28. The highest BCUT2D eigenvalue weighted by Gasteiger charge is 2.21. The number of carboxylic acid groups (broad SMARTS) is 1. The zero-order chi connectivity index (χ0) is 16.1. The van der Waals surface area contributed by atoms with Gasteiger partial charge in [0.2, 0.25) is 5.91 Å². The van der Waals surface area contributed by atoms with Crippen LogP contribution in [0.1, 0.15) is 25.8 Å². The lowest BCUT2D eigenvalue weighted by atomic mass is 10.0. The first kappa shape index (κ1) is 15.9. The second-order valence-electron chi connectivity index (χ2n) is 5.80. The predicted molar refractivity (Wildman–Crippen MR) is 84.5 cm³/mol. The standard InChI is InChI=1S/C17H20N2O3/c1-11(2)7-15(17(21)22)19-16(20)9-12-8-13-5-3-4-6-14(13)18-10-12/h3-6,8,10-11,15H,7,9H2,1-2H3,(H,19,20)(H,21,22)/t15-/m1/s1. The lowest BCUT2D eigenvalue weighted by molar-refractivity contribution is -0.142. The molecule has 0 radical (unpaired) electrons. The van der Waals surface area contributed by atoms with E-state index in [1.54, 1.807) is 6.20 Å². The van der Waals surface area contributed by atoms with E-state index in [1.807, 2.05) is 44.2 Å². The summed E-state index contributed by atoms with van der Waals surface area (Å²) in [4.78, 5) is 27.5. The van der Waals surface area contributed by atoms with Crippen molar-refractivity contribution < 1.29 is 14.7 Å². The Balaban J connectivity index is 2.04. The number of aliphatic carboxylic acids is 1. The van der Waals surface area contributed by atoms with Crippen LogP contribution in [0.5, 0.6) is 0 Å². The molecular weight excluding hydrogens is 280 g/mol. The van der Waals surface area contributed by atoms with Gasteiger partial charge in [-0.05, 0) is 30.0 Å². The Hall–Kier alpha value is -2.43. The van der Waals surface area contributed by atoms with E-state index in [0.717, 1.165) is 16.5 Å². The van der Waals surface area contributed by atoms with Gasteiger partial charge >= 0.3 is 5.97 Å². The Morgan fingerprint density at radius 1 is 1.27 bits per heavy atom. The molecule has 1 amide bonds. The molecule has 1 atom stereocenters. The Bertz CT molecular complexity index is 682. The monoisotopic (exact) mass is 300 g/mol. The van der Waals surface area contributed by atoms with Gasteiger partial charge in [-0.25, -0.2) is 4.79 Å². The number of benzene rings is 1. The van der Waals surface area contributed by atoms with Gasteiger partial charge < -0.3 is 10.4 Å². The Morgan fingerprint density at radius 3 is 2.68 bits per heavy atom. The molecule has 0 spiro atoms. The van der Waals surface area contributed by atoms with Crippen LogP contribution < -0.4 is 5.32 Å². The number of carbonyl (C=O) groups excluding carboxylic acids is 1. The van der Waals surface area contributed by atoms with E-state index in [4.69, 9.17) is 5.11 Å². The van der Waals surface area contributed by atoms with E-state index in [2.05, 4.69) is 10.3 Å². The van der Waals surface area contributed by atoms with Crippen LogP contribution in [0.4, 0.5) is 0 Å². The summed E-state index contributed by atoms with van der Waals surface area (Å²) in [6.07, 6.45) is 2.19. The maximum Gasteiger partial charge on any atom is 0.326 e. The lowest BCUT2D eigenvalue weighted by Gasteiger charge is -2.16. The predicted octanol–water partition coefficient (Wildman–Crippen LogP) is 2.39. The van der Waals surface area contributed by atoms with Gasteiger partial charge in [-0.3, -0.25) is 9.78 Å². The van der Waals surface area contributed by atoms with Gasteiger partial charge in [0.25, 0.3) is 0 Å². The molecule has 0 aliphatic carbocycles. The average molecular weight is 300 g/mol. The Kier molecular flexibility index (Phi) is 5.09. The number of hydrogen-bond acceptors (Lipinski definition) is 3. The molecule has 2 N–H and O–H groups in total. The highest BCUT2D eigenvalue weighted by molar-refractivity contribution is 5.86. The molecule has 0 saturated heterocycles. The van der Waals surface area contributed by atoms with Crippen molar-refractivity contribution in [3.8, 4) is 0 Å². The SMILES string of the molecule is CC(C)C[C@@H](NC(=O)Cc1cnc2ccccc2c1)C(=O)O. The van der Waals surface area contributed by atoms with E-state index < -0.39 is 12.0 Å². The fourth-order valence-electron chi connectivity index (χ4n) is 2.34. The molecule has 2 aromatic rings. The molecule has 0 bridgehead atoms. The Morgan fingerprint density at radius 2 is 2.00 bits per heavy atom. The second-order valence-corrected chi connectivity index (χ2v) is 5.80. The van der Waals surface area contributed by atoms with Gasteiger partial charge in [-0.1, -0.05) is 32.0 Å². The summed E-state index contributed by atoms with van der Waals surface area (Å²) in [6.45, 7) is 3.85. The zero-order valence-electron chi connectivity index (χ0n) is 12.7. The number of nitrogens with one attached hydrogen (secondary N) is 1. The highest BCUT2D eigenvalue weighted by Crippen LogP contribution is 2.13. The van der Waals surface area contributed by atoms with Crippen LogP contribution in [0.25, 0.3) is 10.9 Å². The minimum absolute atomic E-state index is 0.125. The van der Waals surface area contributed by atoms with E-state index in [-0.39, 0.29) is 18.2 Å². The topological polar surface area (TPSA) is 79.3 Å². The summed E-state index contributed by atoms with van der Waals surface area (Å²) in [6, 6.07) is 8.72. The summed E-state index contributed by atoms with van der Waals surface area (Å²) in [5.41, 5.74) is 1.64. The summed E-state index contributed by atoms with van der Waals surface area (Å²) in [5.74, 6) is -1.10. The fraction of sp³-hybridized carbons (Fsp3) is 0.353. The number of rotatable bonds is 6. The normalized spacial score (nSPS) is 12.3. The summed E-state index contributed by atoms with van der Waals surface area (Å²) < 4.78 is 0. The molecule has 116 valence electrons. The van der Waals surface area contributed by atoms with Gasteiger partial charge in [0.05, 0.1) is 11.9 Å². The first-order chi connectivity index (χ1) is 10.5. The number of aromatic nitrogens is 1. The minimum atomic E-state index is -1.00. The fourth-order valence-corrected chi connectivity index (χ4v) is 2.34. The maximum absolute atomic E-state index is 12.0. The number of hydrogen-bond donors (Lipinski definition) is 2. The van der Waals surface area contributed by atoms with E-state index in [0.29, 0.717) is 6.42 Å². The van der Waals surface area contributed by atoms with Gasteiger partial charge in [0.15, 0.2) is 0 Å². The van der Waals surface area contributed by atoms with Gasteiger partial charge in [0.1, 0.15) is 6.04 Å². The molecule has 5 heteroatoms. The maximum atomic E-state index is 12.0. The average Bonchev–Trinajstić information content (AvgIpc) is 2.45. The van der Waals surface area contributed by atoms with Crippen LogP contribution in [0, 0.1) is 5.92 Å². The quantitative estimate of drug-likeness (QED) is 0.858. The van der Waals surface area contributed by atoms with Crippen LogP contribution >= 0.6 is 0 Å². The number of amides is 1. The summed E-state index contributed by atoms with van der Waals surface area (Å²) >= 11 is 0. The minimum Gasteiger partial charge on any atom is -0.480 e. The van der Waals surface area contributed by atoms with Gasteiger partial charge in [-0.15, -0.1) is 0 Å². The number of carboxylic acids is 1. The van der Waals surface area contributed by atoms with Crippen molar-refractivity contribution in [2.75, 3.05) is 0 Å². The van der Waals surface area contributed by atoms with Crippen LogP contribution in [0.15, 0.2) is 36.5 Å². The van der Waals surface area contributed by atoms with Crippen LogP contribution in [0.2, 0.25) is 0 Å². The summed E-state index contributed by atoms with van der Waals surface area (Å²) in [5, 5.41) is 12.7. The van der Waals surface area contributed by atoms with Gasteiger partial charge in [-0.2, -0.15) is 0 Å². The largest absolute Gasteiger partial charge is 0.480 e. The number of pyridine rings is 1. The molecule has 0 fully saturated rings. The molecule has 22 heavy (non-hydrogen) atoms. The molecule has 5 nitrogen and oxygen atoms in total. The van der Waals surface area contributed by atoms with E-state index >= 15 is 0 Å². The molecule has 0 aliphatic heterocycles. The van der Waals surface area contributed by atoms with Crippen molar-refractivity contribution in [1.29, 1.82) is 0 Å². The number of fused-ring (bicyclic) bond motifs is 1. The summed E-state index contributed by atoms with van der Waals surface area (Å²) in [7, 11) is 0. The highest BCUT2D eigenvalue weighted by atomic mass is 16.4. The molecule has 0 aliphatic rings. The zero-order valence-corrected chi connectivity index (χ0v) is 12.7. The number of carbonyl (C=O) groups is 2. The van der Waals surface area contributed by atoms with Crippen molar-refractivity contribution in [2.45, 2.75) is 32.7 Å². The van der Waals surface area contributed by atoms with Crippen molar-refractivity contribution >= 4 is 22.8 Å². The molecular formula is C17H20N2O3. The molecule has 0 saturated carbocycles. The molecule has 1 aromatic heterocycles. The molecule has 1 heterocycles. The lowest BCUT2D eigenvalue weighted by Crippen LogP contribution is -2.42. The molecule has 1 aromatic carbocycles. The third-order valence-electron chi connectivity index (χ3n) is 3.35. The first-order valence-corrected chi connectivity index (χ1v) is 7.31. The van der Waals surface area contributed by atoms with Crippen molar-refractivity contribution in [3.63, 3.8) is 0 Å². The Labute approximate surface area is 129 Å². The van der Waals surface area contributed by atoms with Crippen molar-refractivity contribution in [1.82, 2.24) is 10.3 Å². The number of nitrogens with zero attached hydrogens (tertiary/aromatic N) is 1. The van der Waals surface area contributed by atoms with Crippen LogP contribution in [-0.4, -0.2) is 28.0 Å². The van der Waals surface area contributed by atoms with Crippen LogP contribution in [0.3, 0.4) is 0 Å². The van der Waals surface area contributed by atoms with Crippen molar-refractivity contribution in [3.05, 3.63) is 42.1 Å². The third-order valence-corrected chi connectivity index (χ3v) is 3.35. The number of para-hydroxylation sites is 1. The van der Waals surface area contributed by atoms with E-state index in [9.17, 15) is 9.59 Å². The smallest absolute Gasteiger partial charge is 0.326 e. The molecule has 2 rings (SSSR count). The second kappa shape index (κ2) is 7.02. The van der Waals surface area contributed by atoms with Crippen molar-refractivity contribution in [2.24, 2.45) is 5.92 Å². The van der Waals surface area contributed by atoms with Crippen LogP contribution in [-0.2, 0) is 16.0 Å². The van der Waals surface area contributed by atoms with E-state index in [1.165, 1.54) is 0 Å². The van der Waals surface area contributed by atoms with Gasteiger partial charge in [0, 0.05) is 11.6 Å².